The van der Waals surface area contributed by atoms with E-state index >= 15 is 0 Å². The molecule has 0 saturated carbocycles. The maximum atomic E-state index is 12.2. The van der Waals surface area contributed by atoms with Crippen LogP contribution in [-0.4, -0.2) is 116 Å². The molecule has 3 amide bonds. The second kappa shape index (κ2) is 27.1. The summed E-state index contributed by atoms with van der Waals surface area (Å²) in [5, 5.41) is 52.8. The molecule has 0 aliphatic rings. The molecule has 0 saturated heterocycles. The molecule has 2 aromatic rings. The maximum Gasteiger partial charge on any atom is 0.326 e. The third kappa shape index (κ3) is 20.8. The summed E-state index contributed by atoms with van der Waals surface area (Å²) in [4.78, 5) is 91.1. The number of carbonyl (C=O) groups excluding carboxylic acids is 2. The minimum Gasteiger partial charge on any atom is -0.481 e. The van der Waals surface area contributed by atoms with Crippen molar-refractivity contribution in [1.29, 1.82) is 0 Å². The molecule has 0 bridgehead atoms. The van der Waals surface area contributed by atoms with Crippen LogP contribution in [0.25, 0.3) is 0 Å². The van der Waals surface area contributed by atoms with E-state index < -0.39 is 54.4 Å². The van der Waals surface area contributed by atoms with Crippen molar-refractivity contribution in [2.45, 2.75) is 136 Å². The quantitative estimate of drug-likeness (QED) is 0.0509. The highest BCUT2D eigenvalue weighted by molar-refractivity contribution is 5.86. The highest BCUT2D eigenvalue weighted by Crippen LogP contribution is 2.14. The van der Waals surface area contributed by atoms with Gasteiger partial charge in [-0.3, -0.25) is 24.1 Å². The lowest BCUT2D eigenvalue weighted by Gasteiger charge is -2.22. The Bertz CT molecular complexity index is 1490. The van der Waals surface area contributed by atoms with Crippen molar-refractivity contribution in [3.8, 4) is 0 Å². The van der Waals surface area contributed by atoms with Crippen molar-refractivity contribution in [3.63, 3.8) is 0 Å². The van der Waals surface area contributed by atoms with E-state index in [0.717, 1.165) is 51.4 Å². The molecule has 314 valence electrons. The average Bonchev–Trinajstić information content (AvgIpc) is 3.73. The maximum absolute atomic E-state index is 12.2. The second-order valence-electron chi connectivity index (χ2n) is 13.2. The minimum atomic E-state index is -1.48. The topological polar surface area (TPSA) is 296 Å². The van der Waals surface area contributed by atoms with Crippen LogP contribution in [0.3, 0.4) is 0 Å². The van der Waals surface area contributed by atoms with Crippen molar-refractivity contribution < 1.29 is 59.1 Å². The molecular weight excluding hydrogens is 736 g/mol. The van der Waals surface area contributed by atoms with Gasteiger partial charge in [0.15, 0.2) is 0 Å². The summed E-state index contributed by atoms with van der Waals surface area (Å²) in [5.74, 6) is -4.83. The van der Waals surface area contributed by atoms with Crippen LogP contribution >= 0.6 is 0 Å². The Morgan fingerprint density at radius 2 is 1.09 bits per heavy atom. The van der Waals surface area contributed by atoms with Gasteiger partial charge in [-0.15, -0.1) is 0 Å². The summed E-state index contributed by atoms with van der Waals surface area (Å²) in [6, 6.07) is -3.81. The largest absolute Gasteiger partial charge is 0.481 e. The lowest BCUT2D eigenvalue weighted by atomic mass is 10.1. The number of carboxylic acid groups (broad SMARTS) is 5. The van der Waals surface area contributed by atoms with Gasteiger partial charge >= 0.3 is 35.9 Å². The van der Waals surface area contributed by atoms with E-state index in [2.05, 4.69) is 30.8 Å². The van der Waals surface area contributed by atoms with Crippen LogP contribution in [0.5, 0.6) is 0 Å². The van der Waals surface area contributed by atoms with Gasteiger partial charge in [0.2, 0.25) is 5.91 Å². The predicted molar refractivity (Wildman–Crippen MR) is 200 cm³/mol. The molecule has 2 rings (SSSR count). The highest BCUT2D eigenvalue weighted by atomic mass is 16.4. The van der Waals surface area contributed by atoms with Gasteiger partial charge in [-0.25, -0.2) is 24.4 Å². The molecule has 0 aromatic carbocycles. The zero-order valence-electron chi connectivity index (χ0n) is 30.9. The van der Waals surface area contributed by atoms with Gasteiger partial charge in [-0.1, -0.05) is 46.0 Å². The van der Waals surface area contributed by atoms with Gasteiger partial charge in [-0.2, -0.15) is 0 Å². The predicted octanol–water partition coefficient (Wildman–Crippen LogP) is 2.75. The zero-order chi connectivity index (χ0) is 40.6. The van der Waals surface area contributed by atoms with E-state index in [1.54, 1.807) is 33.9 Å². The Hall–Kier alpha value is -5.53. The molecule has 0 unspecified atom stereocenters. The van der Waals surface area contributed by atoms with Crippen LogP contribution in [0.1, 0.15) is 109 Å². The van der Waals surface area contributed by atoms with Crippen LogP contribution in [0.4, 0.5) is 4.79 Å². The molecule has 0 spiro atoms. The number of nitrogens with zero attached hydrogens (tertiary/aromatic N) is 5. The Labute approximate surface area is 325 Å². The third-order valence-electron chi connectivity index (χ3n) is 8.67. The van der Waals surface area contributed by atoms with Crippen LogP contribution in [0.2, 0.25) is 0 Å². The first-order valence-corrected chi connectivity index (χ1v) is 18.4. The molecular formula is C36H58N8O12. The summed E-state index contributed by atoms with van der Waals surface area (Å²) < 4.78 is 3.15. The average molecular weight is 795 g/mol. The van der Waals surface area contributed by atoms with Gasteiger partial charge in [0.25, 0.3) is 0 Å². The van der Waals surface area contributed by atoms with Gasteiger partial charge in [0, 0.05) is 44.2 Å². The van der Waals surface area contributed by atoms with E-state index in [-0.39, 0.29) is 39.3 Å². The van der Waals surface area contributed by atoms with Crippen molar-refractivity contribution in [1.82, 2.24) is 40.0 Å². The fourth-order valence-corrected chi connectivity index (χ4v) is 5.79. The normalized spacial score (nSPS) is 11.9. The number of hydrogen-bond acceptors (Lipinski definition) is 10. The number of carbonyl (C=O) groups is 7. The summed E-state index contributed by atoms with van der Waals surface area (Å²) >= 11 is 0. The highest BCUT2D eigenvalue weighted by Gasteiger charge is 2.25. The van der Waals surface area contributed by atoms with Gasteiger partial charge < -0.3 is 50.6 Å². The molecule has 2 atom stereocenters. The zero-order valence-corrected chi connectivity index (χ0v) is 30.9. The summed E-state index contributed by atoms with van der Waals surface area (Å²) in [6.45, 7) is 1.38. The summed E-state index contributed by atoms with van der Waals surface area (Å²) in [5.41, 5.74) is 0. The van der Waals surface area contributed by atoms with E-state index in [0.29, 0.717) is 57.1 Å². The lowest BCUT2D eigenvalue weighted by molar-refractivity contribution is -0.141. The Kier molecular flexibility index (Phi) is 23.5. The van der Waals surface area contributed by atoms with Gasteiger partial charge in [-0.05, 0) is 45.1 Å². The molecule has 0 radical (unpaired) electrons. The second-order valence-corrected chi connectivity index (χ2v) is 13.2. The van der Waals surface area contributed by atoms with Crippen molar-refractivity contribution in [2.75, 3.05) is 13.1 Å². The molecule has 8 N–H and O–H groups in total. The molecule has 20 heteroatoms. The third-order valence-corrected chi connectivity index (χ3v) is 8.67. The Balaban J connectivity index is 0.0000157. The molecule has 0 aliphatic carbocycles. The number of amides is 3. The van der Waals surface area contributed by atoms with Crippen LogP contribution in [-0.2, 0) is 54.9 Å². The van der Waals surface area contributed by atoms with Crippen LogP contribution < -0.4 is 16.0 Å². The number of imidazole rings is 2. The Morgan fingerprint density at radius 1 is 0.607 bits per heavy atom. The summed E-state index contributed by atoms with van der Waals surface area (Å²) in [6.07, 6.45) is 14.3. The number of carboxylic acids is 5. The fraction of sp³-hybridized carbons (Fsp3) is 0.639. The first kappa shape index (κ1) is 48.5. The number of unbranched alkanes of at least 4 members (excludes halogenated alkanes) is 8. The minimum absolute atomic E-state index is 0. The smallest absolute Gasteiger partial charge is 0.326 e. The number of rotatable bonds is 31. The number of urea groups is 1. The molecule has 56 heavy (non-hydrogen) atoms. The number of nitrogens with one attached hydrogen (secondary N) is 3. The van der Waals surface area contributed by atoms with Crippen molar-refractivity contribution >= 4 is 41.8 Å². The molecule has 2 aromatic heterocycles. The number of aromatic nitrogens is 4. The van der Waals surface area contributed by atoms with Gasteiger partial charge in [0.1, 0.15) is 36.8 Å². The summed E-state index contributed by atoms with van der Waals surface area (Å²) in [7, 11) is 0. The lowest BCUT2D eigenvalue weighted by Crippen LogP contribution is -2.51. The van der Waals surface area contributed by atoms with Crippen LogP contribution in [0, 0.1) is 0 Å². The van der Waals surface area contributed by atoms with E-state index in [4.69, 9.17) is 10.2 Å². The van der Waals surface area contributed by atoms with Crippen molar-refractivity contribution in [2.24, 2.45) is 0 Å². The fourth-order valence-electron chi connectivity index (χ4n) is 5.79. The SMILES string of the molecule is C.O=C(O)CC[C@H](NC(=O)N[C@@H](CCCCNC(=O)CCCCCCCCCCN(Cc1nccn1CC(=O)O)Cc1nccn1CC(=O)O)C(=O)O)C(=O)O. The first-order valence-electron chi connectivity index (χ1n) is 18.4. The standard InChI is InChI=1S/C35H54N8O12.CH4/c44-29(38-15-9-8-11-25(33(51)52)39-35(55)40-26(34(53)54)13-14-30(45)46)12-7-5-3-1-2-4-6-10-18-41(21-27-36-16-19-42(27)23-31(47)48)22-28-37-17-20-43(28)24-32(49)50;/h16-17,19-20,25-26H,1-15,18,21-24H2,(H,38,44)(H,45,46)(H,47,48)(H,49,50)(H,51,52)(H,53,54)(H2,39,40,55);1H4/t25-,26-;/m0./s1. The number of hydrogen-bond donors (Lipinski definition) is 8. The number of aliphatic carboxylic acids is 5. The monoisotopic (exact) mass is 794 g/mol. The molecule has 2 heterocycles. The van der Waals surface area contributed by atoms with E-state index in [1.165, 1.54) is 0 Å². The molecule has 0 fully saturated rings. The van der Waals surface area contributed by atoms with Gasteiger partial charge in [0.05, 0.1) is 13.1 Å². The van der Waals surface area contributed by atoms with Crippen LogP contribution in [0.15, 0.2) is 24.8 Å². The Morgan fingerprint density at radius 3 is 1.57 bits per heavy atom. The van der Waals surface area contributed by atoms with Crippen molar-refractivity contribution in [3.05, 3.63) is 36.4 Å². The molecule has 0 aliphatic heterocycles. The van der Waals surface area contributed by atoms with E-state index in [1.807, 2.05) is 0 Å². The van der Waals surface area contributed by atoms with E-state index in [9.17, 15) is 48.9 Å². The molecule has 20 nitrogen and oxygen atoms in total. The first-order chi connectivity index (χ1) is 26.2.